The summed E-state index contributed by atoms with van der Waals surface area (Å²) in [6.07, 6.45) is 4.24. The van der Waals surface area contributed by atoms with Crippen LogP contribution in [0.3, 0.4) is 0 Å². The molecule has 1 aromatic heterocycles. The maximum absolute atomic E-state index is 13.2. The van der Waals surface area contributed by atoms with Crippen LogP contribution in [0.2, 0.25) is 0 Å². The predicted octanol–water partition coefficient (Wildman–Crippen LogP) is 1.63. The molecule has 0 bridgehead atoms. The summed E-state index contributed by atoms with van der Waals surface area (Å²) in [4.78, 5) is 16.4. The zero-order valence-electron chi connectivity index (χ0n) is 7.90. The van der Waals surface area contributed by atoms with Gasteiger partial charge in [0.05, 0.1) is 23.6 Å². The van der Waals surface area contributed by atoms with Crippen molar-refractivity contribution in [3.8, 4) is 0 Å². The van der Waals surface area contributed by atoms with Gasteiger partial charge in [-0.05, 0) is 13.3 Å². The number of halogens is 1. The number of nitrogens with zero attached hydrogens (tertiary/aromatic N) is 2. The first-order chi connectivity index (χ1) is 6.74. The first-order valence-electron chi connectivity index (χ1n) is 4.59. The van der Waals surface area contributed by atoms with Crippen LogP contribution in [0.15, 0.2) is 12.4 Å². The summed E-state index contributed by atoms with van der Waals surface area (Å²) in [5, 5.41) is 0. The van der Waals surface area contributed by atoms with Crippen LogP contribution in [0.4, 0.5) is 10.1 Å². The van der Waals surface area contributed by atoms with Gasteiger partial charge in [0.25, 0.3) is 0 Å². The van der Waals surface area contributed by atoms with Crippen LogP contribution in [-0.2, 0) is 0 Å². The molecule has 4 heteroatoms. The number of hydrogen-bond acceptors (Lipinski definition) is 3. The first-order valence-corrected chi connectivity index (χ1v) is 4.59. The summed E-state index contributed by atoms with van der Waals surface area (Å²) < 4.78 is 13.2. The molecule has 0 aromatic carbocycles. The minimum Gasteiger partial charge on any atom is -0.367 e. The highest BCUT2D eigenvalue weighted by Gasteiger charge is 2.26. The van der Waals surface area contributed by atoms with Crippen LogP contribution in [0.1, 0.15) is 23.7 Å². The molecule has 2 rings (SSSR count). The average Bonchev–Trinajstić information content (AvgIpc) is 2.16. The molecule has 1 unspecified atom stereocenters. The van der Waals surface area contributed by atoms with E-state index in [-0.39, 0.29) is 5.56 Å². The molecule has 1 saturated heterocycles. The molecular weight excluding hydrogens is 183 g/mol. The number of anilines is 1. The van der Waals surface area contributed by atoms with E-state index in [1.807, 2.05) is 11.8 Å². The van der Waals surface area contributed by atoms with Gasteiger partial charge in [-0.15, -0.1) is 0 Å². The quantitative estimate of drug-likeness (QED) is 0.671. The van der Waals surface area contributed by atoms with Crippen LogP contribution >= 0.6 is 0 Å². The van der Waals surface area contributed by atoms with Gasteiger partial charge in [-0.3, -0.25) is 9.78 Å². The third kappa shape index (κ3) is 1.27. The van der Waals surface area contributed by atoms with Crippen molar-refractivity contribution < 1.29 is 9.18 Å². The summed E-state index contributed by atoms with van der Waals surface area (Å²) in [5.74, 6) is -0.545. The molecule has 0 amide bonds. The van der Waals surface area contributed by atoms with Gasteiger partial charge in [-0.2, -0.15) is 0 Å². The predicted molar refractivity (Wildman–Crippen MR) is 51.0 cm³/mol. The summed E-state index contributed by atoms with van der Waals surface area (Å²) in [7, 11) is 0. The summed E-state index contributed by atoms with van der Waals surface area (Å²) in [6.45, 7) is 2.91. The number of carbonyl (C=O) groups excluding carboxylic acids is 1. The summed E-state index contributed by atoms with van der Waals surface area (Å²) in [5.41, 5.74) is 0.727. The van der Waals surface area contributed by atoms with Crippen LogP contribution in [0.5, 0.6) is 0 Å². The van der Waals surface area contributed by atoms with Crippen LogP contribution in [0, 0.1) is 5.82 Å². The molecular formula is C10H11FN2O. The maximum atomic E-state index is 13.2. The molecule has 0 radical (unpaired) electrons. The lowest BCUT2D eigenvalue weighted by atomic mass is 10.0. The minimum absolute atomic E-state index is 0.117. The Labute approximate surface area is 81.6 Å². The summed E-state index contributed by atoms with van der Waals surface area (Å²) >= 11 is 0. The SMILES string of the molecule is CC1CCN1c1cncc(F)c1C=O. The largest absolute Gasteiger partial charge is 0.367 e. The number of hydrogen-bond donors (Lipinski definition) is 0. The maximum Gasteiger partial charge on any atom is 0.155 e. The van der Waals surface area contributed by atoms with Crippen molar-refractivity contribution in [2.24, 2.45) is 0 Å². The van der Waals surface area contributed by atoms with E-state index in [4.69, 9.17) is 0 Å². The second-order valence-electron chi connectivity index (χ2n) is 3.50. The first kappa shape index (κ1) is 9.12. The monoisotopic (exact) mass is 194 g/mol. The summed E-state index contributed by atoms with van der Waals surface area (Å²) in [6, 6.07) is 0.372. The second kappa shape index (κ2) is 3.36. The van der Waals surface area contributed by atoms with Crippen molar-refractivity contribution in [2.75, 3.05) is 11.4 Å². The van der Waals surface area contributed by atoms with Crippen LogP contribution < -0.4 is 4.90 Å². The van der Waals surface area contributed by atoms with E-state index in [1.165, 1.54) is 0 Å². The Morgan fingerprint density at radius 3 is 2.93 bits per heavy atom. The fourth-order valence-electron chi connectivity index (χ4n) is 1.65. The van der Waals surface area contributed by atoms with Gasteiger partial charge >= 0.3 is 0 Å². The molecule has 1 aliphatic rings. The lowest BCUT2D eigenvalue weighted by Gasteiger charge is -2.41. The molecule has 1 fully saturated rings. The smallest absolute Gasteiger partial charge is 0.155 e. The fraction of sp³-hybridized carbons (Fsp3) is 0.400. The molecule has 1 aromatic rings. The third-order valence-electron chi connectivity index (χ3n) is 2.67. The van der Waals surface area contributed by atoms with E-state index in [2.05, 4.69) is 4.98 Å². The van der Waals surface area contributed by atoms with E-state index in [0.717, 1.165) is 19.2 Å². The third-order valence-corrected chi connectivity index (χ3v) is 2.67. The molecule has 0 N–H and O–H groups in total. The Morgan fingerprint density at radius 1 is 1.64 bits per heavy atom. The number of pyridine rings is 1. The Morgan fingerprint density at radius 2 is 2.43 bits per heavy atom. The molecule has 74 valence electrons. The van der Waals surface area contributed by atoms with Gasteiger partial charge in [0.1, 0.15) is 0 Å². The highest BCUT2D eigenvalue weighted by atomic mass is 19.1. The van der Waals surface area contributed by atoms with E-state index in [0.29, 0.717) is 18.0 Å². The standard InChI is InChI=1S/C10H11FN2O/c1-7-2-3-13(7)10-5-12-4-9(11)8(10)6-14/h4-7H,2-3H2,1H3. The van der Waals surface area contributed by atoms with Crippen molar-refractivity contribution in [3.63, 3.8) is 0 Å². The average molecular weight is 194 g/mol. The fourth-order valence-corrected chi connectivity index (χ4v) is 1.65. The Balaban J connectivity index is 2.41. The van der Waals surface area contributed by atoms with E-state index in [9.17, 15) is 9.18 Å². The van der Waals surface area contributed by atoms with Crippen LogP contribution in [0.25, 0.3) is 0 Å². The van der Waals surface area contributed by atoms with Gasteiger partial charge in [-0.1, -0.05) is 0 Å². The number of carbonyl (C=O) groups is 1. The van der Waals surface area contributed by atoms with Crippen molar-refractivity contribution in [1.29, 1.82) is 0 Å². The van der Waals surface area contributed by atoms with Crippen molar-refractivity contribution in [2.45, 2.75) is 19.4 Å². The van der Waals surface area contributed by atoms with Crippen molar-refractivity contribution in [1.82, 2.24) is 4.98 Å². The molecule has 14 heavy (non-hydrogen) atoms. The lowest BCUT2D eigenvalue weighted by molar-refractivity contribution is 0.112. The molecule has 2 heterocycles. The Hall–Kier alpha value is -1.45. The lowest BCUT2D eigenvalue weighted by Crippen LogP contribution is -2.46. The molecule has 3 nitrogen and oxygen atoms in total. The van der Waals surface area contributed by atoms with E-state index in [1.54, 1.807) is 6.20 Å². The number of rotatable bonds is 2. The Bertz CT molecular complexity index is 367. The van der Waals surface area contributed by atoms with Gasteiger partial charge in [0.15, 0.2) is 12.1 Å². The van der Waals surface area contributed by atoms with Gasteiger partial charge in [-0.25, -0.2) is 4.39 Å². The van der Waals surface area contributed by atoms with Crippen molar-refractivity contribution in [3.05, 3.63) is 23.8 Å². The van der Waals surface area contributed by atoms with Gasteiger partial charge < -0.3 is 4.90 Å². The molecule has 1 atom stereocenters. The number of aldehydes is 1. The topological polar surface area (TPSA) is 33.2 Å². The molecule has 0 spiro atoms. The zero-order valence-corrected chi connectivity index (χ0v) is 7.90. The second-order valence-corrected chi connectivity index (χ2v) is 3.50. The van der Waals surface area contributed by atoms with Crippen molar-refractivity contribution >= 4 is 12.0 Å². The van der Waals surface area contributed by atoms with E-state index < -0.39 is 5.82 Å². The Kier molecular flexibility index (Phi) is 2.19. The highest BCUT2D eigenvalue weighted by Crippen LogP contribution is 2.28. The number of aromatic nitrogens is 1. The zero-order chi connectivity index (χ0) is 10.1. The minimum atomic E-state index is -0.545. The highest BCUT2D eigenvalue weighted by molar-refractivity contribution is 5.84. The normalized spacial score (nSPS) is 20.4. The van der Waals surface area contributed by atoms with Gasteiger partial charge in [0.2, 0.25) is 0 Å². The van der Waals surface area contributed by atoms with E-state index >= 15 is 0 Å². The molecule has 1 aliphatic heterocycles. The molecule has 0 aliphatic carbocycles. The van der Waals surface area contributed by atoms with Crippen LogP contribution in [-0.4, -0.2) is 23.9 Å². The molecule has 0 saturated carbocycles. The van der Waals surface area contributed by atoms with Gasteiger partial charge in [0, 0.05) is 12.6 Å².